The van der Waals surface area contributed by atoms with Crippen LogP contribution in [0.25, 0.3) is 0 Å². The number of carbonyl (C=O) groups excluding carboxylic acids is 3. The summed E-state index contributed by atoms with van der Waals surface area (Å²) in [5.74, 6) is -0.386. The summed E-state index contributed by atoms with van der Waals surface area (Å²) >= 11 is 13.2. The number of amides is 1. The van der Waals surface area contributed by atoms with Gasteiger partial charge >= 0.3 is 11.9 Å². The van der Waals surface area contributed by atoms with Crippen molar-refractivity contribution in [3.05, 3.63) is 63.4 Å². The molecule has 3 aromatic rings. The molecule has 0 aliphatic rings. The Morgan fingerprint density at radius 2 is 1.78 bits per heavy atom. The zero-order chi connectivity index (χ0) is 26.9. The second kappa shape index (κ2) is 13.3. The van der Waals surface area contributed by atoms with Crippen LogP contribution in [0, 0.1) is 0 Å². The van der Waals surface area contributed by atoms with E-state index in [1.165, 1.54) is 44.2 Å². The number of hydrogen-bond donors (Lipinski definition) is 1. The van der Waals surface area contributed by atoms with Crippen molar-refractivity contribution >= 4 is 58.5 Å². The predicted octanol–water partition coefficient (Wildman–Crippen LogP) is 4.44. The lowest BCUT2D eigenvalue weighted by Gasteiger charge is -2.11. The molecule has 196 valence electrons. The molecule has 0 saturated heterocycles. The van der Waals surface area contributed by atoms with Crippen LogP contribution in [0.1, 0.15) is 33.0 Å². The Bertz CT molecular complexity index is 1300. The van der Waals surface area contributed by atoms with E-state index in [4.69, 9.17) is 37.4 Å². The van der Waals surface area contributed by atoms with E-state index < -0.39 is 17.8 Å². The molecule has 3 rings (SSSR count). The fourth-order valence-corrected chi connectivity index (χ4v) is 4.38. The van der Waals surface area contributed by atoms with E-state index in [1.807, 2.05) is 7.05 Å². The van der Waals surface area contributed by atoms with E-state index in [-0.39, 0.29) is 22.6 Å². The van der Waals surface area contributed by atoms with Crippen LogP contribution in [-0.4, -0.2) is 59.2 Å². The van der Waals surface area contributed by atoms with Gasteiger partial charge in [-0.15, -0.1) is 10.2 Å². The first-order valence-corrected chi connectivity index (χ1v) is 12.7. The second-order valence-corrected chi connectivity index (χ2v) is 9.35. The molecular formula is C24H24Cl2N4O6S. The Kier molecular flexibility index (Phi) is 10.2. The molecule has 1 aromatic heterocycles. The van der Waals surface area contributed by atoms with Gasteiger partial charge in [0.1, 0.15) is 11.6 Å². The molecule has 10 nitrogen and oxygen atoms in total. The minimum absolute atomic E-state index is 0.00673. The number of aryl methyl sites for hydroxylation is 1. The number of nitrogens with one attached hydrogen (secondary N) is 1. The van der Waals surface area contributed by atoms with Crippen LogP contribution < -0.4 is 10.1 Å². The Hall–Kier alpha value is -3.28. The van der Waals surface area contributed by atoms with Crippen molar-refractivity contribution in [2.45, 2.75) is 18.0 Å². The third-order valence-electron chi connectivity index (χ3n) is 5.07. The Morgan fingerprint density at radius 3 is 2.49 bits per heavy atom. The molecule has 0 atom stereocenters. The van der Waals surface area contributed by atoms with E-state index in [9.17, 15) is 14.4 Å². The minimum Gasteiger partial charge on any atom is -0.492 e. The number of rotatable bonds is 11. The van der Waals surface area contributed by atoms with Crippen molar-refractivity contribution in [3.8, 4) is 5.75 Å². The lowest BCUT2D eigenvalue weighted by atomic mass is 10.1. The van der Waals surface area contributed by atoms with Gasteiger partial charge in [-0.05, 0) is 42.8 Å². The molecular weight excluding hydrogens is 543 g/mol. The molecule has 37 heavy (non-hydrogen) atoms. The highest BCUT2D eigenvalue weighted by atomic mass is 35.5. The van der Waals surface area contributed by atoms with Gasteiger partial charge in [0.2, 0.25) is 5.91 Å². The summed E-state index contributed by atoms with van der Waals surface area (Å²) < 4.78 is 16.9. The van der Waals surface area contributed by atoms with Crippen molar-refractivity contribution in [2.75, 3.05) is 31.9 Å². The van der Waals surface area contributed by atoms with E-state index in [0.717, 1.165) is 5.82 Å². The second-order valence-electron chi connectivity index (χ2n) is 7.56. The number of aromatic nitrogens is 3. The lowest BCUT2D eigenvalue weighted by molar-refractivity contribution is -0.113. The van der Waals surface area contributed by atoms with Crippen LogP contribution in [0.2, 0.25) is 10.0 Å². The molecule has 0 saturated carbocycles. The maximum atomic E-state index is 12.6. The largest absolute Gasteiger partial charge is 0.492 e. The monoisotopic (exact) mass is 566 g/mol. The van der Waals surface area contributed by atoms with Crippen LogP contribution in [0.3, 0.4) is 0 Å². The number of esters is 2. The number of benzene rings is 2. The Balaban J connectivity index is 1.55. The summed E-state index contributed by atoms with van der Waals surface area (Å²) in [5, 5.41) is 12.5. The first-order valence-electron chi connectivity index (χ1n) is 10.9. The third-order valence-corrected chi connectivity index (χ3v) is 6.62. The Morgan fingerprint density at radius 1 is 1.03 bits per heavy atom. The number of nitrogens with zero attached hydrogens (tertiary/aromatic N) is 3. The van der Waals surface area contributed by atoms with E-state index >= 15 is 0 Å². The van der Waals surface area contributed by atoms with Gasteiger partial charge in [0.05, 0.1) is 48.4 Å². The fraction of sp³-hybridized carbons (Fsp3) is 0.292. The molecule has 1 amide bonds. The summed E-state index contributed by atoms with van der Waals surface area (Å²) in [4.78, 5) is 36.5. The number of methoxy groups -OCH3 is 2. The highest BCUT2D eigenvalue weighted by Crippen LogP contribution is 2.27. The van der Waals surface area contributed by atoms with E-state index in [1.54, 1.807) is 22.8 Å². The van der Waals surface area contributed by atoms with Crippen LogP contribution in [0.4, 0.5) is 5.69 Å². The highest BCUT2D eigenvalue weighted by Gasteiger charge is 2.18. The molecule has 0 fully saturated rings. The first kappa shape index (κ1) is 28.3. The van der Waals surface area contributed by atoms with Gasteiger partial charge in [0, 0.05) is 18.5 Å². The predicted molar refractivity (Wildman–Crippen MR) is 140 cm³/mol. The Labute approximate surface area is 227 Å². The molecule has 0 unspecified atom stereocenters. The normalized spacial score (nSPS) is 10.6. The first-order chi connectivity index (χ1) is 17.7. The van der Waals surface area contributed by atoms with Crippen molar-refractivity contribution in [1.82, 2.24) is 14.8 Å². The van der Waals surface area contributed by atoms with Crippen molar-refractivity contribution in [2.24, 2.45) is 7.05 Å². The number of ether oxygens (including phenoxy) is 3. The number of thioether (sulfide) groups is 1. The lowest BCUT2D eigenvalue weighted by Crippen LogP contribution is -2.18. The fourth-order valence-electron chi connectivity index (χ4n) is 3.19. The van der Waals surface area contributed by atoms with Gasteiger partial charge < -0.3 is 24.1 Å². The summed E-state index contributed by atoms with van der Waals surface area (Å²) in [7, 11) is 4.27. The number of carbonyl (C=O) groups is 3. The average Bonchev–Trinajstić information content (AvgIpc) is 3.24. The van der Waals surface area contributed by atoms with Crippen molar-refractivity contribution < 1.29 is 28.6 Å². The standard InChI is InChI=1S/C24H24Cl2N4O6S/c1-30-20(5-4-10-36-19-9-7-15(25)12-17(19)26)28-29-24(30)37-13-21(31)27-18-11-14(22(32)34-2)6-8-16(18)23(33)35-3/h6-9,11-12H,4-5,10,13H2,1-3H3,(H,27,31). The molecule has 0 aliphatic carbocycles. The van der Waals surface area contributed by atoms with Crippen LogP contribution >= 0.6 is 35.0 Å². The maximum Gasteiger partial charge on any atom is 0.339 e. The molecule has 13 heteroatoms. The van der Waals surface area contributed by atoms with Gasteiger partial charge in [-0.3, -0.25) is 4.79 Å². The summed E-state index contributed by atoms with van der Waals surface area (Å²) in [5.41, 5.74) is 0.426. The number of halogens is 2. The van der Waals surface area contributed by atoms with Crippen molar-refractivity contribution in [3.63, 3.8) is 0 Å². The SMILES string of the molecule is COC(=O)c1ccc(C(=O)OC)c(NC(=O)CSc2nnc(CCCOc3ccc(Cl)cc3Cl)n2C)c1. The summed E-state index contributed by atoms with van der Waals surface area (Å²) in [6, 6.07) is 9.20. The third kappa shape index (κ3) is 7.61. The molecule has 1 heterocycles. The molecule has 1 N–H and O–H groups in total. The number of hydrogen-bond acceptors (Lipinski definition) is 9. The van der Waals surface area contributed by atoms with Gasteiger partial charge in [-0.1, -0.05) is 35.0 Å². The zero-order valence-corrected chi connectivity index (χ0v) is 22.6. The smallest absolute Gasteiger partial charge is 0.339 e. The van der Waals surface area contributed by atoms with Crippen LogP contribution in [-0.2, 0) is 27.7 Å². The summed E-state index contributed by atoms with van der Waals surface area (Å²) in [6.07, 6.45) is 1.27. The molecule has 2 aromatic carbocycles. The maximum absolute atomic E-state index is 12.6. The topological polar surface area (TPSA) is 122 Å². The summed E-state index contributed by atoms with van der Waals surface area (Å²) in [6.45, 7) is 0.423. The van der Waals surface area contributed by atoms with E-state index in [2.05, 4.69) is 15.5 Å². The minimum atomic E-state index is -0.653. The van der Waals surface area contributed by atoms with Gasteiger partial charge in [0.15, 0.2) is 5.16 Å². The van der Waals surface area contributed by atoms with Crippen LogP contribution in [0.15, 0.2) is 41.6 Å². The number of anilines is 1. The molecule has 0 bridgehead atoms. The quantitative estimate of drug-likeness (QED) is 0.204. The van der Waals surface area contributed by atoms with Crippen molar-refractivity contribution in [1.29, 1.82) is 0 Å². The molecule has 0 spiro atoms. The van der Waals surface area contributed by atoms with E-state index in [0.29, 0.717) is 40.4 Å². The zero-order valence-electron chi connectivity index (χ0n) is 20.2. The molecule has 0 radical (unpaired) electrons. The van der Waals surface area contributed by atoms with Crippen LogP contribution in [0.5, 0.6) is 5.75 Å². The average molecular weight is 567 g/mol. The van der Waals surface area contributed by atoms with Gasteiger partial charge in [0.25, 0.3) is 0 Å². The van der Waals surface area contributed by atoms with Gasteiger partial charge in [-0.25, -0.2) is 9.59 Å². The highest BCUT2D eigenvalue weighted by molar-refractivity contribution is 7.99. The molecule has 0 aliphatic heterocycles. The van der Waals surface area contributed by atoms with Gasteiger partial charge in [-0.2, -0.15) is 0 Å².